The lowest BCUT2D eigenvalue weighted by Gasteiger charge is -2.07. The van der Waals surface area contributed by atoms with E-state index in [4.69, 9.17) is 9.26 Å². The third kappa shape index (κ3) is 2.42. The van der Waals surface area contributed by atoms with E-state index in [1.165, 1.54) is 5.56 Å². The van der Waals surface area contributed by atoms with Crippen LogP contribution in [0.3, 0.4) is 0 Å². The first kappa shape index (κ1) is 10.7. The van der Waals surface area contributed by atoms with E-state index in [-0.39, 0.29) is 0 Å². The molecule has 0 spiro atoms. The molecule has 0 bridgehead atoms. The average Bonchev–Trinajstić information content (AvgIpc) is 2.63. The molecule has 3 heteroatoms. The quantitative estimate of drug-likeness (QED) is 0.792. The van der Waals surface area contributed by atoms with E-state index < -0.39 is 0 Å². The molecule has 0 N–H and O–H groups in total. The van der Waals surface area contributed by atoms with Crippen molar-refractivity contribution in [2.75, 3.05) is 0 Å². The summed E-state index contributed by atoms with van der Waals surface area (Å²) in [5.41, 5.74) is 3.19. The van der Waals surface area contributed by atoms with Gasteiger partial charge in [-0.2, -0.15) is 0 Å². The summed E-state index contributed by atoms with van der Waals surface area (Å²) in [6.45, 7) is 6.42. The van der Waals surface area contributed by atoms with Crippen LogP contribution in [0.4, 0.5) is 0 Å². The molecule has 0 unspecified atom stereocenters. The average molecular weight is 217 g/mol. The molecule has 2 aromatic rings. The van der Waals surface area contributed by atoms with Gasteiger partial charge >= 0.3 is 0 Å². The fourth-order valence-electron chi connectivity index (χ4n) is 1.60. The highest BCUT2D eigenvalue weighted by Crippen LogP contribution is 2.19. The second kappa shape index (κ2) is 4.39. The van der Waals surface area contributed by atoms with E-state index in [0.717, 1.165) is 22.8 Å². The lowest BCUT2D eigenvalue weighted by atomic mass is 10.1. The second-order valence-electron chi connectivity index (χ2n) is 3.99. The summed E-state index contributed by atoms with van der Waals surface area (Å²) >= 11 is 0. The summed E-state index contributed by atoms with van der Waals surface area (Å²) in [5.74, 6) is 1.70. The highest BCUT2D eigenvalue weighted by atomic mass is 16.5. The first-order chi connectivity index (χ1) is 7.65. The minimum absolute atomic E-state index is 0.446. The van der Waals surface area contributed by atoms with Crippen LogP contribution >= 0.6 is 0 Å². The van der Waals surface area contributed by atoms with Crippen LogP contribution < -0.4 is 4.74 Å². The summed E-state index contributed by atoms with van der Waals surface area (Å²) in [6, 6.07) is 8.00. The van der Waals surface area contributed by atoms with Crippen molar-refractivity contribution in [2.45, 2.75) is 27.4 Å². The fourth-order valence-corrected chi connectivity index (χ4v) is 1.60. The number of nitrogens with zero attached hydrogens (tertiary/aromatic N) is 1. The smallest absolute Gasteiger partial charge is 0.134 e. The Labute approximate surface area is 95.0 Å². The van der Waals surface area contributed by atoms with Gasteiger partial charge in [-0.05, 0) is 32.4 Å². The van der Waals surface area contributed by atoms with Crippen LogP contribution in [0.5, 0.6) is 5.75 Å². The van der Waals surface area contributed by atoms with Crippen LogP contribution in [0, 0.1) is 20.8 Å². The fraction of sp³-hybridized carbons (Fsp3) is 0.308. The Morgan fingerprint density at radius 3 is 2.62 bits per heavy atom. The molecule has 1 aromatic heterocycles. The predicted molar refractivity (Wildman–Crippen MR) is 61.5 cm³/mol. The zero-order chi connectivity index (χ0) is 11.5. The lowest BCUT2D eigenvalue weighted by molar-refractivity contribution is 0.286. The van der Waals surface area contributed by atoms with E-state index in [9.17, 15) is 0 Å². The third-order valence-electron chi connectivity index (χ3n) is 2.38. The highest BCUT2D eigenvalue weighted by molar-refractivity contribution is 5.35. The standard InChI is InChI=1S/C13H15NO2/c1-9-4-5-13(10(2)6-9)15-8-12-7-11(3)16-14-12/h4-7H,8H2,1-3H3. The Kier molecular flexibility index (Phi) is 2.95. The van der Waals surface area contributed by atoms with E-state index >= 15 is 0 Å². The summed E-state index contributed by atoms with van der Waals surface area (Å²) in [5, 5.41) is 3.88. The normalized spacial score (nSPS) is 10.4. The molecule has 0 aliphatic rings. The first-order valence-electron chi connectivity index (χ1n) is 5.27. The van der Waals surface area contributed by atoms with Crippen LogP contribution in [0.25, 0.3) is 0 Å². The van der Waals surface area contributed by atoms with Gasteiger partial charge in [0.25, 0.3) is 0 Å². The first-order valence-corrected chi connectivity index (χ1v) is 5.27. The Hall–Kier alpha value is -1.77. The maximum Gasteiger partial charge on any atom is 0.134 e. The minimum atomic E-state index is 0.446. The van der Waals surface area contributed by atoms with Gasteiger partial charge in [0, 0.05) is 6.07 Å². The molecule has 0 amide bonds. The Morgan fingerprint density at radius 1 is 1.19 bits per heavy atom. The highest BCUT2D eigenvalue weighted by Gasteiger charge is 2.03. The van der Waals surface area contributed by atoms with Crippen LogP contribution in [-0.4, -0.2) is 5.16 Å². The topological polar surface area (TPSA) is 35.3 Å². The summed E-state index contributed by atoms with van der Waals surface area (Å²) in [6.07, 6.45) is 0. The molecular formula is C13H15NO2. The van der Waals surface area contributed by atoms with Gasteiger partial charge in [0.15, 0.2) is 0 Å². The maximum absolute atomic E-state index is 5.67. The number of aryl methyl sites for hydroxylation is 3. The number of hydrogen-bond donors (Lipinski definition) is 0. The van der Waals surface area contributed by atoms with Crippen LogP contribution in [0.1, 0.15) is 22.6 Å². The molecule has 0 aliphatic carbocycles. The van der Waals surface area contributed by atoms with Gasteiger partial charge < -0.3 is 9.26 Å². The van der Waals surface area contributed by atoms with Gasteiger partial charge in [-0.3, -0.25) is 0 Å². The number of hydrogen-bond acceptors (Lipinski definition) is 3. The monoisotopic (exact) mass is 217 g/mol. The predicted octanol–water partition coefficient (Wildman–Crippen LogP) is 3.18. The molecule has 0 saturated heterocycles. The zero-order valence-corrected chi connectivity index (χ0v) is 9.78. The largest absolute Gasteiger partial charge is 0.487 e. The van der Waals surface area contributed by atoms with Gasteiger partial charge in [0.2, 0.25) is 0 Å². The molecule has 0 aliphatic heterocycles. The molecule has 1 aromatic carbocycles. The Morgan fingerprint density at radius 2 is 2.00 bits per heavy atom. The molecule has 84 valence electrons. The Bertz CT molecular complexity index is 488. The van der Waals surface area contributed by atoms with E-state index in [1.807, 2.05) is 32.0 Å². The van der Waals surface area contributed by atoms with Crippen molar-refractivity contribution in [2.24, 2.45) is 0 Å². The lowest BCUT2D eigenvalue weighted by Crippen LogP contribution is -1.97. The molecular weight excluding hydrogens is 202 g/mol. The summed E-state index contributed by atoms with van der Waals surface area (Å²) < 4.78 is 10.6. The van der Waals surface area contributed by atoms with E-state index in [0.29, 0.717) is 6.61 Å². The molecule has 0 saturated carbocycles. The molecule has 0 radical (unpaired) electrons. The minimum Gasteiger partial charge on any atom is -0.487 e. The third-order valence-corrected chi connectivity index (χ3v) is 2.38. The van der Waals surface area contributed by atoms with E-state index in [2.05, 4.69) is 18.1 Å². The molecule has 0 fully saturated rings. The summed E-state index contributed by atoms with van der Waals surface area (Å²) in [7, 11) is 0. The summed E-state index contributed by atoms with van der Waals surface area (Å²) in [4.78, 5) is 0. The number of aromatic nitrogens is 1. The molecule has 0 atom stereocenters. The van der Waals surface area contributed by atoms with Gasteiger partial charge in [0.05, 0.1) is 0 Å². The second-order valence-corrected chi connectivity index (χ2v) is 3.99. The molecule has 2 rings (SSSR count). The molecule has 16 heavy (non-hydrogen) atoms. The van der Waals surface area contributed by atoms with Crippen molar-refractivity contribution >= 4 is 0 Å². The maximum atomic E-state index is 5.67. The van der Waals surface area contributed by atoms with Crippen molar-refractivity contribution in [3.8, 4) is 5.75 Å². The number of ether oxygens (including phenoxy) is 1. The van der Waals surface area contributed by atoms with Crippen molar-refractivity contribution in [3.63, 3.8) is 0 Å². The van der Waals surface area contributed by atoms with Crippen LogP contribution in [0.2, 0.25) is 0 Å². The van der Waals surface area contributed by atoms with E-state index in [1.54, 1.807) is 0 Å². The van der Waals surface area contributed by atoms with Crippen molar-refractivity contribution in [1.82, 2.24) is 5.16 Å². The van der Waals surface area contributed by atoms with Gasteiger partial charge in [-0.25, -0.2) is 0 Å². The van der Waals surface area contributed by atoms with Crippen molar-refractivity contribution < 1.29 is 9.26 Å². The SMILES string of the molecule is Cc1ccc(OCc2cc(C)on2)c(C)c1. The van der Waals surface area contributed by atoms with Gasteiger partial charge in [-0.1, -0.05) is 22.9 Å². The Balaban J connectivity index is 2.04. The van der Waals surface area contributed by atoms with Crippen molar-refractivity contribution in [3.05, 3.63) is 46.8 Å². The van der Waals surface area contributed by atoms with Gasteiger partial charge in [-0.15, -0.1) is 0 Å². The number of rotatable bonds is 3. The van der Waals surface area contributed by atoms with Crippen LogP contribution in [0.15, 0.2) is 28.8 Å². The van der Waals surface area contributed by atoms with Crippen molar-refractivity contribution in [1.29, 1.82) is 0 Å². The van der Waals surface area contributed by atoms with Crippen LogP contribution in [-0.2, 0) is 6.61 Å². The van der Waals surface area contributed by atoms with Gasteiger partial charge in [0.1, 0.15) is 23.8 Å². The molecule has 1 heterocycles. The zero-order valence-electron chi connectivity index (χ0n) is 9.78. The number of benzene rings is 1. The molecule has 3 nitrogen and oxygen atoms in total.